The average molecular weight is 286 g/mol. The largest absolute Gasteiger partial charge is 0.382 e. The number of carbonyl (C=O) groups is 1. The molecule has 1 heterocycles. The van der Waals surface area contributed by atoms with Crippen LogP contribution < -0.4 is 10.6 Å². The van der Waals surface area contributed by atoms with Gasteiger partial charge in [0.2, 0.25) is 5.91 Å². The van der Waals surface area contributed by atoms with E-state index in [0.29, 0.717) is 13.2 Å². The van der Waals surface area contributed by atoms with E-state index >= 15 is 0 Å². The van der Waals surface area contributed by atoms with Gasteiger partial charge in [-0.25, -0.2) is 0 Å². The van der Waals surface area contributed by atoms with E-state index in [4.69, 9.17) is 9.47 Å². The monoisotopic (exact) mass is 286 g/mol. The van der Waals surface area contributed by atoms with Gasteiger partial charge in [0, 0.05) is 20.3 Å². The van der Waals surface area contributed by atoms with Crippen molar-refractivity contribution in [2.45, 2.75) is 51.0 Å². The van der Waals surface area contributed by atoms with Crippen molar-refractivity contribution >= 4 is 5.91 Å². The minimum atomic E-state index is -0.302. The number of hydrogen-bond acceptors (Lipinski definition) is 4. The van der Waals surface area contributed by atoms with E-state index in [0.717, 1.165) is 58.2 Å². The Morgan fingerprint density at radius 3 is 2.80 bits per heavy atom. The Morgan fingerprint density at radius 1 is 1.30 bits per heavy atom. The SMILES string of the molecule is CCCC1(C(=O)NCCCCOCCOC)CCCN1. The summed E-state index contributed by atoms with van der Waals surface area (Å²) in [6.45, 7) is 5.85. The van der Waals surface area contributed by atoms with Gasteiger partial charge < -0.3 is 20.1 Å². The fourth-order valence-electron chi connectivity index (χ4n) is 2.70. The van der Waals surface area contributed by atoms with Gasteiger partial charge in [-0.3, -0.25) is 4.79 Å². The van der Waals surface area contributed by atoms with E-state index in [-0.39, 0.29) is 11.4 Å². The highest BCUT2D eigenvalue weighted by atomic mass is 16.5. The van der Waals surface area contributed by atoms with E-state index in [1.165, 1.54) is 0 Å². The summed E-state index contributed by atoms with van der Waals surface area (Å²) in [6, 6.07) is 0. The van der Waals surface area contributed by atoms with Crippen LogP contribution in [-0.4, -0.2) is 51.5 Å². The quantitative estimate of drug-likeness (QED) is 0.565. The summed E-state index contributed by atoms with van der Waals surface area (Å²) in [4.78, 5) is 12.3. The van der Waals surface area contributed by atoms with Crippen molar-refractivity contribution in [3.8, 4) is 0 Å². The van der Waals surface area contributed by atoms with Crippen LogP contribution in [0.2, 0.25) is 0 Å². The molecule has 2 N–H and O–H groups in total. The summed E-state index contributed by atoms with van der Waals surface area (Å²) in [5.74, 6) is 0.178. The summed E-state index contributed by atoms with van der Waals surface area (Å²) >= 11 is 0. The Labute approximate surface area is 122 Å². The van der Waals surface area contributed by atoms with Crippen LogP contribution in [0.3, 0.4) is 0 Å². The Balaban J connectivity index is 2.09. The van der Waals surface area contributed by atoms with Gasteiger partial charge in [-0.2, -0.15) is 0 Å². The van der Waals surface area contributed by atoms with Gasteiger partial charge in [-0.1, -0.05) is 13.3 Å². The molecule has 0 aromatic carbocycles. The lowest BCUT2D eigenvalue weighted by Crippen LogP contribution is -2.53. The maximum absolute atomic E-state index is 12.3. The molecule has 1 aliphatic heterocycles. The molecule has 1 unspecified atom stereocenters. The zero-order valence-corrected chi connectivity index (χ0v) is 13.0. The van der Waals surface area contributed by atoms with Crippen LogP contribution in [-0.2, 0) is 14.3 Å². The topological polar surface area (TPSA) is 59.6 Å². The van der Waals surface area contributed by atoms with Crippen molar-refractivity contribution in [3.05, 3.63) is 0 Å². The van der Waals surface area contributed by atoms with Crippen molar-refractivity contribution in [2.24, 2.45) is 0 Å². The fourth-order valence-corrected chi connectivity index (χ4v) is 2.70. The third kappa shape index (κ3) is 5.77. The second-order valence-electron chi connectivity index (χ2n) is 5.43. The van der Waals surface area contributed by atoms with E-state index in [2.05, 4.69) is 17.6 Å². The van der Waals surface area contributed by atoms with Gasteiger partial charge in [0.25, 0.3) is 0 Å². The number of methoxy groups -OCH3 is 1. The predicted octanol–water partition coefficient (Wildman–Crippen LogP) is 1.47. The van der Waals surface area contributed by atoms with Crippen molar-refractivity contribution in [1.82, 2.24) is 10.6 Å². The van der Waals surface area contributed by atoms with Crippen LogP contribution in [0.1, 0.15) is 45.4 Å². The normalized spacial score (nSPS) is 22.1. The summed E-state index contributed by atoms with van der Waals surface area (Å²) in [5, 5.41) is 6.47. The molecule has 1 rings (SSSR count). The lowest BCUT2D eigenvalue weighted by molar-refractivity contribution is -0.127. The highest BCUT2D eigenvalue weighted by molar-refractivity contribution is 5.86. The number of carbonyl (C=O) groups excluding carboxylic acids is 1. The molecule has 0 aromatic rings. The fraction of sp³-hybridized carbons (Fsp3) is 0.933. The Bertz CT molecular complexity index is 266. The third-order valence-electron chi connectivity index (χ3n) is 3.79. The summed E-state index contributed by atoms with van der Waals surface area (Å²) in [7, 11) is 1.67. The smallest absolute Gasteiger partial charge is 0.240 e. The van der Waals surface area contributed by atoms with E-state index in [1.807, 2.05) is 0 Å². The molecule has 1 aliphatic rings. The van der Waals surface area contributed by atoms with Crippen molar-refractivity contribution in [1.29, 1.82) is 0 Å². The predicted molar refractivity (Wildman–Crippen MR) is 79.8 cm³/mol. The second kappa shape index (κ2) is 10.1. The maximum Gasteiger partial charge on any atom is 0.240 e. The van der Waals surface area contributed by atoms with Gasteiger partial charge in [0.15, 0.2) is 0 Å². The average Bonchev–Trinajstić information content (AvgIpc) is 2.92. The van der Waals surface area contributed by atoms with Gasteiger partial charge in [0.1, 0.15) is 0 Å². The van der Waals surface area contributed by atoms with E-state index in [9.17, 15) is 4.79 Å². The second-order valence-corrected chi connectivity index (χ2v) is 5.43. The molecule has 1 saturated heterocycles. The molecule has 0 aromatic heterocycles. The molecule has 1 fully saturated rings. The third-order valence-corrected chi connectivity index (χ3v) is 3.79. The molecule has 5 nitrogen and oxygen atoms in total. The summed E-state index contributed by atoms with van der Waals surface area (Å²) in [5.41, 5.74) is -0.302. The first-order valence-corrected chi connectivity index (χ1v) is 7.85. The standard InChI is InChI=1S/C15H30N2O3/c1-3-7-15(8-6-10-17-15)14(18)16-9-4-5-11-20-13-12-19-2/h17H,3-13H2,1-2H3,(H,16,18). The van der Waals surface area contributed by atoms with Crippen LogP contribution >= 0.6 is 0 Å². The first-order chi connectivity index (χ1) is 9.75. The molecule has 1 amide bonds. The van der Waals surface area contributed by atoms with Crippen molar-refractivity contribution in [2.75, 3.05) is 40.0 Å². The first-order valence-electron chi connectivity index (χ1n) is 7.85. The molecule has 118 valence electrons. The highest BCUT2D eigenvalue weighted by Gasteiger charge is 2.39. The Morgan fingerprint density at radius 2 is 2.15 bits per heavy atom. The molecule has 20 heavy (non-hydrogen) atoms. The Kier molecular flexibility index (Phi) is 8.82. The molecule has 0 spiro atoms. The highest BCUT2D eigenvalue weighted by Crippen LogP contribution is 2.24. The van der Waals surface area contributed by atoms with Gasteiger partial charge in [-0.15, -0.1) is 0 Å². The lowest BCUT2D eigenvalue weighted by Gasteiger charge is -2.27. The minimum absolute atomic E-state index is 0.178. The number of ether oxygens (including phenoxy) is 2. The molecule has 1 atom stereocenters. The molecule has 0 saturated carbocycles. The van der Waals surface area contributed by atoms with Crippen molar-refractivity contribution in [3.63, 3.8) is 0 Å². The number of nitrogens with one attached hydrogen (secondary N) is 2. The number of hydrogen-bond donors (Lipinski definition) is 2. The number of amides is 1. The van der Waals surface area contributed by atoms with Crippen LogP contribution in [0.25, 0.3) is 0 Å². The number of rotatable bonds is 11. The van der Waals surface area contributed by atoms with Crippen LogP contribution in [0.5, 0.6) is 0 Å². The molecule has 0 aliphatic carbocycles. The van der Waals surface area contributed by atoms with E-state index in [1.54, 1.807) is 7.11 Å². The van der Waals surface area contributed by atoms with Crippen LogP contribution in [0, 0.1) is 0 Å². The zero-order valence-electron chi connectivity index (χ0n) is 13.0. The summed E-state index contributed by atoms with van der Waals surface area (Å²) < 4.78 is 10.3. The van der Waals surface area contributed by atoms with Gasteiger partial charge in [0.05, 0.1) is 18.8 Å². The van der Waals surface area contributed by atoms with Crippen LogP contribution in [0.4, 0.5) is 0 Å². The molecule has 5 heteroatoms. The molecular weight excluding hydrogens is 256 g/mol. The zero-order chi connectivity index (χ0) is 14.7. The first kappa shape index (κ1) is 17.4. The van der Waals surface area contributed by atoms with Gasteiger partial charge >= 0.3 is 0 Å². The summed E-state index contributed by atoms with van der Waals surface area (Å²) in [6.07, 6.45) is 5.96. The van der Waals surface area contributed by atoms with Crippen molar-refractivity contribution < 1.29 is 14.3 Å². The van der Waals surface area contributed by atoms with Crippen LogP contribution in [0.15, 0.2) is 0 Å². The lowest BCUT2D eigenvalue weighted by atomic mass is 9.91. The molecule has 0 radical (unpaired) electrons. The minimum Gasteiger partial charge on any atom is -0.382 e. The molecule has 0 bridgehead atoms. The Hall–Kier alpha value is -0.650. The maximum atomic E-state index is 12.3. The number of unbranched alkanes of at least 4 members (excludes halogenated alkanes) is 1. The van der Waals surface area contributed by atoms with Gasteiger partial charge in [-0.05, 0) is 38.6 Å². The molecular formula is C15H30N2O3. The van der Waals surface area contributed by atoms with E-state index < -0.39 is 0 Å².